The average molecular weight is 382 g/mol. The summed E-state index contributed by atoms with van der Waals surface area (Å²) in [5.41, 5.74) is 1.67. The largest absolute Gasteiger partial charge is 0.443 e. The Hall–Kier alpha value is -2.52. The SMILES string of the molecule is Cc1ccc(N2CC(CNS(=O)(=O)c3ccc(F)cc3F)OC2=O)cc1. The Bertz CT molecular complexity index is 932. The fourth-order valence-electron chi connectivity index (χ4n) is 2.54. The lowest BCUT2D eigenvalue weighted by molar-refractivity contribution is 0.143. The number of benzene rings is 2. The van der Waals surface area contributed by atoms with E-state index in [2.05, 4.69) is 4.72 Å². The Morgan fingerprint density at radius 2 is 1.88 bits per heavy atom. The summed E-state index contributed by atoms with van der Waals surface area (Å²) in [5.74, 6) is -2.07. The smallest absolute Gasteiger partial charge is 0.414 e. The number of rotatable bonds is 5. The first-order valence-corrected chi connectivity index (χ1v) is 9.24. The summed E-state index contributed by atoms with van der Waals surface area (Å²) >= 11 is 0. The molecular weight excluding hydrogens is 366 g/mol. The number of hydrogen-bond acceptors (Lipinski definition) is 4. The molecule has 1 fully saturated rings. The number of aryl methyl sites for hydroxylation is 1. The Morgan fingerprint density at radius 3 is 2.54 bits per heavy atom. The van der Waals surface area contributed by atoms with Crippen molar-refractivity contribution in [3.8, 4) is 0 Å². The van der Waals surface area contributed by atoms with Gasteiger partial charge in [0.2, 0.25) is 10.0 Å². The number of halogens is 2. The lowest BCUT2D eigenvalue weighted by Crippen LogP contribution is -2.35. The van der Waals surface area contributed by atoms with Crippen LogP contribution in [0.5, 0.6) is 0 Å². The number of nitrogens with one attached hydrogen (secondary N) is 1. The number of anilines is 1. The van der Waals surface area contributed by atoms with Crippen LogP contribution in [0.3, 0.4) is 0 Å². The van der Waals surface area contributed by atoms with Gasteiger partial charge in [0.15, 0.2) is 0 Å². The third-order valence-corrected chi connectivity index (χ3v) is 5.36. The van der Waals surface area contributed by atoms with Crippen molar-refractivity contribution in [1.29, 1.82) is 0 Å². The Balaban J connectivity index is 1.66. The van der Waals surface area contributed by atoms with Gasteiger partial charge in [-0.25, -0.2) is 26.7 Å². The van der Waals surface area contributed by atoms with E-state index in [1.807, 2.05) is 19.1 Å². The number of sulfonamides is 1. The van der Waals surface area contributed by atoms with E-state index < -0.39 is 38.8 Å². The van der Waals surface area contributed by atoms with Gasteiger partial charge in [0.05, 0.1) is 6.54 Å². The molecule has 1 N–H and O–H groups in total. The summed E-state index contributed by atoms with van der Waals surface area (Å²) in [6.45, 7) is 1.84. The first-order valence-electron chi connectivity index (χ1n) is 7.76. The van der Waals surface area contributed by atoms with Crippen LogP contribution in [0.4, 0.5) is 19.3 Å². The Kier molecular flexibility index (Phi) is 4.92. The molecule has 1 aliphatic rings. The van der Waals surface area contributed by atoms with Crippen LogP contribution in [0.2, 0.25) is 0 Å². The molecule has 0 spiro atoms. The molecule has 0 bridgehead atoms. The van der Waals surface area contributed by atoms with Crippen molar-refractivity contribution in [2.45, 2.75) is 17.9 Å². The molecule has 1 aliphatic heterocycles. The van der Waals surface area contributed by atoms with E-state index in [9.17, 15) is 22.0 Å². The summed E-state index contributed by atoms with van der Waals surface area (Å²) in [6.07, 6.45) is -1.33. The number of cyclic esters (lactones) is 1. The van der Waals surface area contributed by atoms with Crippen LogP contribution in [0.15, 0.2) is 47.4 Å². The Labute approximate surface area is 149 Å². The van der Waals surface area contributed by atoms with E-state index in [1.54, 1.807) is 12.1 Å². The van der Waals surface area contributed by atoms with Crippen LogP contribution in [0.1, 0.15) is 5.56 Å². The Morgan fingerprint density at radius 1 is 1.19 bits per heavy atom. The molecule has 1 saturated heterocycles. The maximum Gasteiger partial charge on any atom is 0.414 e. The van der Waals surface area contributed by atoms with Gasteiger partial charge in [-0.2, -0.15) is 0 Å². The molecule has 2 aromatic rings. The number of ether oxygens (including phenoxy) is 1. The molecule has 1 amide bonds. The van der Waals surface area contributed by atoms with Gasteiger partial charge >= 0.3 is 6.09 Å². The van der Waals surface area contributed by atoms with Crippen molar-refractivity contribution in [2.24, 2.45) is 0 Å². The molecule has 0 saturated carbocycles. The molecule has 6 nitrogen and oxygen atoms in total. The number of amides is 1. The van der Waals surface area contributed by atoms with Crippen molar-refractivity contribution in [3.05, 3.63) is 59.7 Å². The van der Waals surface area contributed by atoms with E-state index in [0.29, 0.717) is 11.8 Å². The summed E-state index contributed by atoms with van der Waals surface area (Å²) in [5, 5.41) is 0. The van der Waals surface area contributed by atoms with Gasteiger partial charge in [-0.15, -0.1) is 0 Å². The number of carbonyl (C=O) groups is 1. The second-order valence-corrected chi connectivity index (χ2v) is 7.61. The molecule has 0 aliphatic carbocycles. The number of hydrogen-bond donors (Lipinski definition) is 1. The fraction of sp³-hybridized carbons (Fsp3) is 0.235. The fourth-order valence-corrected chi connectivity index (χ4v) is 3.66. The zero-order valence-electron chi connectivity index (χ0n) is 13.8. The van der Waals surface area contributed by atoms with Crippen molar-refractivity contribution in [1.82, 2.24) is 4.72 Å². The van der Waals surface area contributed by atoms with Crippen molar-refractivity contribution < 1.29 is 26.7 Å². The highest BCUT2D eigenvalue weighted by Crippen LogP contribution is 2.22. The molecule has 1 unspecified atom stereocenters. The van der Waals surface area contributed by atoms with Gasteiger partial charge in [0.25, 0.3) is 0 Å². The van der Waals surface area contributed by atoms with E-state index in [4.69, 9.17) is 4.74 Å². The zero-order chi connectivity index (χ0) is 18.9. The van der Waals surface area contributed by atoms with Crippen LogP contribution >= 0.6 is 0 Å². The zero-order valence-corrected chi connectivity index (χ0v) is 14.6. The lowest BCUT2D eigenvalue weighted by atomic mass is 10.2. The molecule has 138 valence electrons. The molecule has 26 heavy (non-hydrogen) atoms. The second kappa shape index (κ2) is 7.00. The van der Waals surface area contributed by atoms with Gasteiger partial charge in [-0.3, -0.25) is 4.90 Å². The highest BCUT2D eigenvalue weighted by atomic mass is 32.2. The number of nitrogens with zero attached hydrogens (tertiary/aromatic N) is 1. The van der Waals surface area contributed by atoms with Crippen molar-refractivity contribution in [3.63, 3.8) is 0 Å². The summed E-state index contributed by atoms with van der Waals surface area (Å²) < 4.78 is 58.3. The molecule has 0 radical (unpaired) electrons. The summed E-state index contributed by atoms with van der Waals surface area (Å²) in [6, 6.07) is 9.39. The molecule has 0 aromatic heterocycles. The van der Waals surface area contributed by atoms with Gasteiger partial charge in [0, 0.05) is 18.3 Å². The minimum atomic E-state index is -4.20. The van der Waals surface area contributed by atoms with Crippen LogP contribution in [0, 0.1) is 18.6 Å². The van der Waals surface area contributed by atoms with Gasteiger partial charge < -0.3 is 4.74 Å². The van der Waals surface area contributed by atoms with Crippen molar-refractivity contribution in [2.75, 3.05) is 18.0 Å². The first-order chi connectivity index (χ1) is 12.3. The maximum atomic E-state index is 13.7. The molecule has 3 rings (SSSR count). The quantitative estimate of drug-likeness (QED) is 0.863. The molecule has 9 heteroatoms. The highest BCUT2D eigenvalue weighted by molar-refractivity contribution is 7.89. The summed E-state index contributed by atoms with van der Waals surface area (Å²) in [7, 11) is -4.20. The highest BCUT2D eigenvalue weighted by Gasteiger charge is 2.33. The molecule has 2 aromatic carbocycles. The third-order valence-electron chi connectivity index (χ3n) is 3.90. The predicted molar refractivity (Wildman–Crippen MR) is 90.3 cm³/mol. The van der Waals surface area contributed by atoms with Crippen LogP contribution < -0.4 is 9.62 Å². The topological polar surface area (TPSA) is 75.7 Å². The van der Waals surface area contributed by atoms with Crippen LogP contribution in [-0.4, -0.2) is 33.7 Å². The standard InChI is InChI=1S/C17H16F2N2O4S/c1-11-2-5-13(6-3-11)21-10-14(25-17(21)22)9-20-26(23,24)16-7-4-12(18)8-15(16)19/h2-8,14,20H,9-10H2,1H3. The molecule has 1 atom stereocenters. The predicted octanol–water partition coefficient (Wildman–Crippen LogP) is 2.58. The minimum Gasteiger partial charge on any atom is -0.443 e. The van der Waals surface area contributed by atoms with Crippen molar-refractivity contribution >= 4 is 21.8 Å². The first kappa shape index (κ1) is 18.3. The third kappa shape index (κ3) is 3.83. The maximum absolute atomic E-state index is 13.7. The van der Waals surface area contributed by atoms with Crippen LogP contribution in [-0.2, 0) is 14.8 Å². The van der Waals surface area contributed by atoms with Crippen LogP contribution in [0.25, 0.3) is 0 Å². The summed E-state index contributed by atoms with van der Waals surface area (Å²) in [4.78, 5) is 12.7. The van der Waals surface area contributed by atoms with E-state index >= 15 is 0 Å². The average Bonchev–Trinajstić information content (AvgIpc) is 2.94. The van der Waals surface area contributed by atoms with E-state index in [1.165, 1.54) is 4.90 Å². The lowest BCUT2D eigenvalue weighted by Gasteiger charge is -2.13. The monoisotopic (exact) mass is 382 g/mol. The molecular formula is C17H16F2N2O4S. The number of carbonyl (C=O) groups excluding carboxylic acids is 1. The normalized spacial score (nSPS) is 17.4. The van der Waals surface area contributed by atoms with E-state index in [0.717, 1.165) is 17.7 Å². The second-order valence-electron chi connectivity index (χ2n) is 5.88. The van der Waals surface area contributed by atoms with Gasteiger partial charge in [-0.05, 0) is 31.2 Å². The van der Waals surface area contributed by atoms with E-state index in [-0.39, 0.29) is 13.1 Å². The minimum absolute atomic E-state index is 0.149. The van der Waals surface area contributed by atoms with Gasteiger partial charge in [-0.1, -0.05) is 17.7 Å². The molecule has 1 heterocycles. The van der Waals surface area contributed by atoms with Gasteiger partial charge in [0.1, 0.15) is 22.6 Å².